The molecule has 1 aromatic heterocycles. The molecule has 25 heavy (non-hydrogen) atoms. The highest BCUT2D eigenvalue weighted by Gasteiger charge is 2.34. The predicted molar refractivity (Wildman–Crippen MR) is 94.5 cm³/mol. The summed E-state index contributed by atoms with van der Waals surface area (Å²) in [5, 5.41) is 16.6. The van der Waals surface area contributed by atoms with Crippen LogP contribution < -0.4 is 10.5 Å². The predicted octanol–water partition coefficient (Wildman–Crippen LogP) is 3.60. The van der Waals surface area contributed by atoms with Crippen LogP contribution in [0.25, 0.3) is 11.1 Å². The minimum Gasteiger partial charge on any atom is -0.420 e. The first-order chi connectivity index (χ1) is 12.2. The average Bonchev–Trinajstić information content (AvgIpc) is 3.02. The molecule has 5 heteroatoms. The summed E-state index contributed by atoms with van der Waals surface area (Å²) in [6.45, 7) is 1.91. The van der Waals surface area contributed by atoms with E-state index in [9.17, 15) is 5.26 Å². The molecule has 0 saturated carbocycles. The maximum atomic E-state index is 9.58. The van der Waals surface area contributed by atoms with E-state index < -0.39 is 0 Å². The summed E-state index contributed by atoms with van der Waals surface area (Å²) in [5.74, 6) is 0.266. The van der Waals surface area contributed by atoms with Gasteiger partial charge < -0.3 is 10.5 Å². The van der Waals surface area contributed by atoms with Crippen LogP contribution in [0.2, 0.25) is 0 Å². The van der Waals surface area contributed by atoms with Crippen molar-refractivity contribution in [2.24, 2.45) is 5.73 Å². The van der Waals surface area contributed by atoms with Gasteiger partial charge in [0.25, 0.3) is 0 Å². The fourth-order valence-corrected chi connectivity index (χ4v) is 3.23. The molecule has 1 unspecified atom stereocenters. The lowest BCUT2D eigenvalue weighted by Crippen LogP contribution is -2.21. The van der Waals surface area contributed by atoms with Crippen molar-refractivity contribution >= 4 is 0 Å². The first kappa shape index (κ1) is 15.0. The molecule has 1 aliphatic rings. The van der Waals surface area contributed by atoms with Crippen molar-refractivity contribution in [3.05, 3.63) is 82.9 Å². The number of nitrogens with one attached hydrogen (secondary N) is 1. The van der Waals surface area contributed by atoms with Gasteiger partial charge in [0.2, 0.25) is 11.8 Å². The van der Waals surface area contributed by atoms with Gasteiger partial charge >= 0.3 is 0 Å². The molecule has 122 valence electrons. The Morgan fingerprint density at radius 2 is 1.76 bits per heavy atom. The maximum absolute atomic E-state index is 9.58. The highest BCUT2D eigenvalue weighted by Crippen LogP contribution is 2.42. The smallest absolute Gasteiger partial charge is 0.244 e. The van der Waals surface area contributed by atoms with Crippen LogP contribution in [0.5, 0.6) is 5.88 Å². The zero-order valence-corrected chi connectivity index (χ0v) is 13.7. The normalized spacial score (nSPS) is 16.1. The lowest BCUT2D eigenvalue weighted by Gasteiger charge is -2.23. The van der Waals surface area contributed by atoms with E-state index in [0.29, 0.717) is 11.5 Å². The van der Waals surface area contributed by atoms with Crippen LogP contribution >= 0.6 is 0 Å². The molecule has 0 bridgehead atoms. The second-order valence-corrected chi connectivity index (χ2v) is 5.98. The minimum absolute atomic E-state index is 0.110. The summed E-state index contributed by atoms with van der Waals surface area (Å²) < 4.78 is 5.49. The molecule has 5 nitrogen and oxygen atoms in total. The molecule has 3 aromatic rings. The summed E-state index contributed by atoms with van der Waals surface area (Å²) in [7, 11) is 0. The Hall–Kier alpha value is -3.52. The first-order valence-corrected chi connectivity index (χ1v) is 7.97. The van der Waals surface area contributed by atoms with Gasteiger partial charge in [-0.25, -0.2) is 0 Å². The van der Waals surface area contributed by atoms with Gasteiger partial charge in [-0.3, -0.25) is 5.10 Å². The molecule has 0 saturated heterocycles. The Kier molecular flexibility index (Phi) is 3.51. The highest BCUT2D eigenvalue weighted by molar-refractivity contribution is 5.65. The number of nitriles is 1. The molecule has 2 aromatic carbocycles. The molecule has 3 N–H and O–H groups in total. The SMILES string of the molecule is Cc1[nH]nc2c1C(c1ccc(-c3ccccc3)cc1)C(C#N)=C(N)O2. The van der Waals surface area contributed by atoms with Gasteiger partial charge in [-0.1, -0.05) is 54.6 Å². The van der Waals surface area contributed by atoms with Crippen LogP contribution in [-0.2, 0) is 0 Å². The van der Waals surface area contributed by atoms with Crippen molar-refractivity contribution in [1.29, 1.82) is 5.26 Å². The van der Waals surface area contributed by atoms with E-state index >= 15 is 0 Å². The van der Waals surface area contributed by atoms with Crippen LogP contribution in [0, 0.1) is 18.3 Å². The number of fused-ring (bicyclic) bond motifs is 1. The Labute approximate surface area is 145 Å². The second-order valence-electron chi connectivity index (χ2n) is 5.98. The lowest BCUT2D eigenvalue weighted by atomic mass is 9.83. The fourth-order valence-electron chi connectivity index (χ4n) is 3.23. The van der Waals surface area contributed by atoms with Gasteiger partial charge in [0.05, 0.1) is 5.92 Å². The average molecular weight is 328 g/mol. The first-order valence-electron chi connectivity index (χ1n) is 7.97. The summed E-state index contributed by atoms with van der Waals surface area (Å²) in [6, 6.07) is 20.5. The summed E-state index contributed by atoms with van der Waals surface area (Å²) in [4.78, 5) is 0. The summed E-state index contributed by atoms with van der Waals surface area (Å²) >= 11 is 0. The number of hydrogen-bond donors (Lipinski definition) is 2. The van der Waals surface area contributed by atoms with E-state index in [1.54, 1.807) is 0 Å². The highest BCUT2D eigenvalue weighted by atomic mass is 16.5. The van der Waals surface area contributed by atoms with Crippen molar-refractivity contribution in [1.82, 2.24) is 10.2 Å². The molecule has 0 aliphatic carbocycles. The van der Waals surface area contributed by atoms with E-state index in [1.165, 1.54) is 0 Å². The number of H-pyrrole nitrogens is 1. The molecule has 1 aliphatic heterocycles. The Bertz CT molecular complexity index is 994. The fraction of sp³-hybridized carbons (Fsp3) is 0.100. The van der Waals surface area contributed by atoms with Gasteiger partial charge in [0, 0.05) is 11.3 Å². The number of rotatable bonds is 2. The number of aromatic amines is 1. The third-order valence-corrected chi connectivity index (χ3v) is 4.48. The van der Waals surface area contributed by atoms with Crippen LogP contribution in [0.15, 0.2) is 66.1 Å². The van der Waals surface area contributed by atoms with E-state index in [4.69, 9.17) is 10.5 Å². The van der Waals surface area contributed by atoms with Gasteiger partial charge in [-0.05, 0) is 23.6 Å². The van der Waals surface area contributed by atoms with E-state index in [2.05, 4.69) is 40.5 Å². The number of aryl methyl sites for hydroxylation is 1. The molecule has 0 fully saturated rings. The number of aromatic nitrogens is 2. The number of nitrogens with zero attached hydrogens (tertiary/aromatic N) is 2. The maximum Gasteiger partial charge on any atom is 0.244 e. The van der Waals surface area contributed by atoms with E-state index in [1.807, 2.05) is 37.3 Å². The van der Waals surface area contributed by atoms with Crippen LogP contribution in [-0.4, -0.2) is 10.2 Å². The Morgan fingerprint density at radius 3 is 2.44 bits per heavy atom. The van der Waals surface area contributed by atoms with Crippen molar-refractivity contribution in [3.8, 4) is 23.1 Å². The van der Waals surface area contributed by atoms with Gasteiger partial charge in [-0.2, -0.15) is 5.26 Å². The molecular weight excluding hydrogens is 312 g/mol. The number of benzene rings is 2. The Balaban J connectivity index is 1.81. The van der Waals surface area contributed by atoms with Gasteiger partial charge in [-0.15, -0.1) is 5.10 Å². The van der Waals surface area contributed by atoms with Crippen molar-refractivity contribution in [2.45, 2.75) is 12.8 Å². The largest absolute Gasteiger partial charge is 0.420 e. The van der Waals surface area contributed by atoms with Crippen LogP contribution in [0.3, 0.4) is 0 Å². The standard InChI is InChI=1S/C20H16N4O/c1-12-17-18(16(11-21)19(22)25-20(17)24-23-12)15-9-7-14(8-10-15)13-5-3-2-4-6-13/h2-10,18H,22H2,1H3,(H,23,24). The van der Waals surface area contributed by atoms with Gasteiger partial charge in [0.15, 0.2) is 0 Å². The molecule has 4 rings (SSSR count). The molecule has 0 radical (unpaired) electrons. The lowest BCUT2D eigenvalue weighted by molar-refractivity contribution is 0.379. The Morgan fingerprint density at radius 1 is 1.08 bits per heavy atom. The number of hydrogen-bond acceptors (Lipinski definition) is 4. The topological polar surface area (TPSA) is 87.7 Å². The van der Waals surface area contributed by atoms with Crippen molar-refractivity contribution in [2.75, 3.05) is 0 Å². The third-order valence-electron chi connectivity index (χ3n) is 4.48. The van der Waals surface area contributed by atoms with Crippen molar-refractivity contribution in [3.63, 3.8) is 0 Å². The summed E-state index contributed by atoms with van der Waals surface area (Å²) in [5.41, 5.74) is 11.3. The number of allylic oxidation sites excluding steroid dienone is 1. The zero-order valence-electron chi connectivity index (χ0n) is 13.7. The third kappa shape index (κ3) is 2.45. The molecular formula is C20H16N4O. The molecule has 2 heterocycles. The molecule has 0 spiro atoms. The van der Waals surface area contributed by atoms with Gasteiger partial charge in [0.1, 0.15) is 11.6 Å². The zero-order chi connectivity index (χ0) is 17.4. The van der Waals surface area contributed by atoms with Crippen LogP contribution in [0.1, 0.15) is 22.7 Å². The monoisotopic (exact) mass is 328 g/mol. The minimum atomic E-state index is -0.280. The molecule has 1 atom stereocenters. The molecule has 0 amide bonds. The van der Waals surface area contributed by atoms with Crippen molar-refractivity contribution < 1.29 is 4.74 Å². The quantitative estimate of drug-likeness (QED) is 0.752. The van der Waals surface area contributed by atoms with E-state index in [0.717, 1.165) is 27.9 Å². The number of nitrogens with two attached hydrogens (primary N) is 1. The summed E-state index contributed by atoms with van der Waals surface area (Å²) in [6.07, 6.45) is 0. The number of ether oxygens (including phenoxy) is 1. The van der Waals surface area contributed by atoms with Crippen LogP contribution in [0.4, 0.5) is 0 Å². The second kappa shape index (κ2) is 5.84. The van der Waals surface area contributed by atoms with E-state index in [-0.39, 0.29) is 11.8 Å².